The average molecular weight is 390 g/mol. The molecule has 1 aliphatic carbocycles. The predicted molar refractivity (Wildman–Crippen MR) is 114 cm³/mol. The van der Waals surface area contributed by atoms with Crippen molar-refractivity contribution in [3.8, 4) is 11.4 Å². The fraction of sp³-hybridized carbons (Fsp3) is 0.261. The van der Waals surface area contributed by atoms with Crippen LogP contribution in [0.2, 0.25) is 0 Å². The number of allylic oxidation sites excluding steroid dienone is 1. The van der Waals surface area contributed by atoms with Crippen LogP contribution in [0.5, 0.6) is 0 Å². The van der Waals surface area contributed by atoms with E-state index in [0.29, 0.717) is 12.3 Å². The number of carbonyl (C=O) groups excluding carboxylic acids is 1. The van der Waals surface area contributed by atoms with Crippen molar-refractivity contribution >= 4 is 17.5 Å². The first-order chi connectivity index (χ1) is 13.7. The van der Waals surface area contributed by atoms with Gasteiger partial charge in [-0.1, -0.05) is 53.7 Å². The lowest BCUT2D eigenvalue weighted by molar-refractivity contribution is 0.102. The normalized spacial score (nSPS) is 12.8. The summed E-state index contributed by atoms with van der Waals surface area (Å²) in [7, 11) is 0. The van der Waals surface area contributed by atoms with Gasteiger partial charge in [-0.15, -0.1) is 16.8 Å². The maximum atomic E-state index is 12.7. The van der Waals surface area contributed by atoms with Gasteiger partial charge >= 0.3 is 0 Å². The standard InChI is InChI=1S/C23H23N3OS/c1-3-12-26-22(20-9-4-6-16(2)13-20)24-25-23(26)28-15-21(27)19-11-10-17-7-5-8-18(17)14-19/h3-4,6,9-11,13-14H,1,5,7-8,12,15H2,2H3. The van der Waals surface area contributed by atoms with Crippen molar-refractivity contribution in [3.63, 3.8) is 0 Å². The minimum Gasteiger partial charge on any atom is -0.298 e. The van der Waals surface area contributed by atoms with Crippen LogP contribution in [0.3, 0.4) is 0 Å². The molecule has 0 fully saturated rings. The quantitative estimate of drug-likeness (QED) is 0.327. The van der Waals surface area contributed by atoms with Gasteiger partial charge in [0.05, 0.1) is 5.75 Å². The van der Waals surface area contributed by atoms with Gasteiger partial charge in [-0.3, -0.25) is 9.36 Å². The first-order valence-electron chi connectivity index (χ1n) is 9.54. The van der Waals surface area contributed by atoms with Crippen LogP contribution in [0.4, 0.5) is 0 Å². The minimum atomic E-state index is 0.130. The first kappa shape index (κ1) is 18.7. The van der Waals surface area contributed by atoms with Gasteiger partial charge in [0, 0.05) is 17.7 Å². The van der Waals surface area contributed by atoms with E-state index >= 15 is 0 Å². The molecule has 0 atom stereocenters. The predicted octanol–water partition coefficient (Wildman–Crippen LogP) is 4.90. The Morgan fingerprint density at radius 2 is 2.04 bits per heavy atom. The molecule has 142 valence electrons. The molecule has 4 nitrogen and oxygen atoms in total. The molecule has 0 amide bonds. The van der Waals surface area contributed by atoms with Gasteiger partial charge in [-0.05, 0) is 49.4 Å². The summed E-state index contributed by atoms with van der Waals surface area (Å²) in [4.78, 5) is 12.7. The Bertz CT molecular complexity index is 1040. The lowest BCUT2D eigenvalue weighted by atomic mass is 10.0. The fourth-order valence-corrected chi connectivity index (χ4v) is 4.49. The molecule has 0 N–H and O–H groups in total. The van der Waals surface area contributed by atoms with E-state index in [-0.39, 0.29) is 5.78 Å². The molecule has 2 aromatic carbocycles. The van der Waals surface area contributed by atoms with E-state index < -0.39 is 0 Å². The number of carbonyl (C=O) groups is 1. The van der Waals surface area contributed by atoms with Crippen LogP contribution in [0.15, 0.2) is 60.3 Å². The third-order valence-corrected chi connectivity index (χ3v) is 6.02. The largest absolute Gasteiger partial charge is 0.298 e. The Labute approximate surface area is 169 Å². The van der Waals surface area contributed by atoms with Gasteiger partial charge in [-0.2, -0.15) is 0 Å². The number of aromatic nitrogens is 3. The van der Waals surface area contributed by atoms with Crippen LogP contribution < -0.4 is 0 Å². The van der Waals surface area contributed by atoms with Crippen LogP contribution in [-0.2, 0) is 19.4 Å². The highest BCUT2D eigenvalue weighted by Gasteiger charge is 2.17. The molecule has 0 bridgehead atoms. The Morgan fingerprint density at radius 3 is 2.86 bits per heavy atom. The zero-order chi connectivity index (χ0) is 19.5. The number of hydrogen-bond acceptors (Lipinski definition) is 4. The summed E-state index contributed by atoms with van der Waals surface area (Å²) < 4.78 is 2.02. The molecule has 3 aromatic rings. The number of Topliss-reactive ketones (excluding diaryl/α,β-unsaturated/α-hetero) is 1. The molecule has 0 saturated heterocycles. The van der Waals surface area contributed by atoms with E-state index in [1.165, 1.54) is 34.9 Å². The maximum Gasteiger partial charge on any atom is 0.192 e. The van der Waals surface area contributed by atoms with Crippen LogP contribution in [0.25, 0.3) is 11.4 Å². The van der Waals surface area contributed by atoms with Crippen molar-refractivity contribution in [1.82, 2.24) is 14.8 Å². The molecular formula is C23H23N3OS. The molecule has 0 saturated carbocycles. The summed E-state index contributed by atoms with van der Waals surface area (Å²) in [5.41, 5.74) is 5.70. The van der Waals surface area contributed by atoms with Gasteiger partial charge in [0.25, 0.3) is 0 Å². The molecule has 1 aromatic heterocycles. The third-order valence-electron chi connectivity index (χ3n) is 5.06. The summed E-state index contributed by atoms with van der Waals surface area (Å²) in [5, 5.41) is 9.46. The Hall–Kier alpha value is -2.66. The fourth-order valence-electron chi connectivity index (χ4n) is 3.65. The first-order valence-corrected chi connectivity index (χ1v) is 10.5. The number of hydrogen-bond donors (Lipinski definition) is 0. The number of nitrogens with zero attached hydrogens (tertiary/aromatic N) is 3. The molecular weight excluding hydrogens is 366 g/mol. The van der Waals surface area contributed by atoms with Gasteiger partial charge in [0.15, 0.2) is 16.8 Å². The van der Waals surface area contributed by atoms with Crippen LogP contribution in [0.1, 0.15) is 33.5 Å². The number of aryl methyl sites for hydroxylation is 3. The molecule has 5 heteroatoms. The van der Waals surface area contributed by atoms with Gasteiger partial charge in [0.1, 0.15) is 0 Å². The van der Waals surface area contributed by atoms with Gasteiger partial charge in [-0.25, -0.2) is 0 Å². The molecule has 28 heavy (non-hydrogen) atoms. The van der Waals surface area contributed by atoms with Crippen molar-refractivity contribution in [2.45, 2.75) is 37.9 Å². The van der Waals surface area contributed by atoms with Crippen molar-refractivity contribution in [2.75, 3.05) is 5.75 Å². The molecule has 1 heterocycles. The second-order valence-corrected chi connectivity index (χ2v) is 8.07. The smallest absolute Gasteiger partial charge is 0.192 e. The molecule has 0 aliphatic heterocycles. The molecule has 0 unspecified atom stereocenters. The van der Waals surface area contributed by atoms with Crippen LogP contribution >= 0.6 is 11.8 Å². The molecule has 4 rings (SSSR count). The minimum absolute atomic E-state index is 0.130. The van der Waals surface area contributed by atoms with E-state index in [2.05, 4.69) is 48.0 Å². The summed E-state index contributed by atoms with van der Waals surface area (Å²) in [6, 6.07) is 14.3. The van der Waals surface area contributed by atoms with E-state index in [4.69, 9.17) is 0 Å². The average Bonchev–Trinajstić information content (AvgIpc) is 3.32. The summed E-state index contributed by atoms with van der Waals surface area (Å²) in [6.45, 7) is 6.51. The highest BCUT2D eigenvalue weighted by atomic mass is 32.2. The van der Waals surface area contributed by atoms with Crippen molar-refractivity contribution in [3.05, 3.63) is 77.4 Å². The van der Waals surface area contributed by atoms with E-state index in [1.807, 2.05) is 28.8 Å². The zero-order valence-corrected chi connectivity index (χ0v) is 16.8. The number of benzene rings is 2. The highest BCUT2D eigenvalue weighted by Crippen LogP contribution is 2.27. The molecule has 0 radical (unpaired) electrons. The Morgan fingerprint density at radius 1 is 1.18 bits per heavy atom. The molecule has 0 spiro atoms. The lowest BCUT2D eigenvalue weighted by Crippen LogP contribution is -2.06. The summed E-state index contributed by atoms with van der Waals surface area (Å²) in [5.74, 6) is 1.28. The van der Waals surface area contributed by atoms with Crippen molar-refractivity contribution < 1.29 is 4.79 Å². The van der Waals surface area contributed by atoms with Crippen LogP contribution in [0, 0.1) is 6.92 Å². The lowest BCUT2D eigenvalue weighted by Gasteiger charge is -2.08. The zero-order valence-electron chi connectivity index (χ0n) is 16.0. The molecule has 1 aliphatic rings. The van der Waals surface area contributed by atoms with E-state index in [9.17, 15) is 4.79 Å². The number of thioether (sulfide) groups is 1. The Kier molecular flexibility index (Phi) is 5.44. The monoisotopic (exact) mass is 389 g/mol. The second-order valence-electron chi connectivity index (χ2n) is 7.12. The third kappa shape index (κ3) is 3.80. The highest BCUT2D eigenvalue weighted by molar-refractivity contribution is 7.99. The summed E-state index contributed by atoms with van der Waals surface area (Å²) >= 11 is 1.43. The number of ketones is 1. The van der Waals surface area contributed by atoms with Gasteiger partial charge in [0.2, 0.25) is 0 Å². The van der Waals surface area contributed by atoms with E-state index in [1.54, 1.807) is 0 Å². The topological polar surface area (TPSA) is 47.8 Å². The SMILES string of the molecule is C=CCn1c(SCC(=O)c2ccc3c(c2)CCC3)nnc1-c1cccc(C)c1. The Balaban J connectivity index is 1.53. The van der Waals surface area contributed by atoms with Gasteiger partial charge < -0.3 is 0 Å². The van der Waals surface area contributed by atoms with Crippen molar-refractivity contribution in [1.29, 1.82) is 0 Å². The summed E-state index contributed by atoms with van der Waals surface area (Å²) in [6.07, 6.45) is 5.23. The van der Waals surface area contributed by atoms with E-state index in [0.717, 1.165) is 34.9 Å². The maximum absolute atomic E-state index is 12.7. The number of fused-ring (bicyclic) bond motifs is 1. The number of rotatable bonds is 7. The second kappa shape index (κ2) is 8.15. The van der Waals surface area contributed by atoms with Crippen LogP contribution in [-0.4, -0.2) is 26.3 Å². The van der Waals surface area contributed by atoms with Crippen molar-refractivity contribution in [2.24, 2.45) is 0 Å².